The Labute approximate surface area is 153 Å². The number of halogens is 1. The van der Waals surface area contributed by atoms with Crippen LogP contribution in [-0.2, 0) is 6.42 Å². The molecule has 3 aromatic rings. The molecule has 0 radical (unpaired) electrons. The van der Waals surface area contributed by atoms with Gasteiger partial charge in [-0.05, 0) is 29.9 Å². The molecule has 0 unspecified atom stereocenters. The summed E-state index contributed by atoms with van der Waals surface area (Å²) >= 11 is 7.12. The fraction of sp³-hybridized carbons (Fsp3) is 0.111. The Morgan fingerprint density at radius 1 is 1.20 bits per heavy atom. The molecule has 0 amide bonds. The second kappa shape index (κ2) is 7.51. The molecule has 3 rings (SSSR count). The zero-order valence-corrected chi connectivity index (χ0v) is 14.9. The average molecular weight is 369 g/mol. The number of hydrogen-bond acceptors (Lipinski definition) is 5. The van der Waals surface area contributed by atoms with Crippen molar-refractivity contribution in [2.75, 3.05) is 6.26 Å². The Morgan fingerprint density at radius 3 is 2.52 bits per heavy atom. The van der Waals surface area contributed by atoms with E-state index in [9.17, 15) is 10.1 Å². The lowest BCUT2D eigenvalue weighted by atomic mass is 10.0. The van der Waals surface area contributed by atoms with Gasteiger partial charge in [0.1, 0.15) is 16.8 Å². The molecule has 0 aliphatic rings. The topological polar surface area (TPSA) is 82.4 Å². The van der Waals surface area contributed by atoms with Crippen molar-refractivity contribution in [1.82, 2.24) is 15.0 Å². The Balaban J connectivity index is 1.93. The van der Waals surface area contributed by atoms with E-state index in [4.69, 9.17) is 11.6 Å². The Bertz CT molecular complexity index is 992. The van der Waals surface area contributed by atoms with Gasteiger partial charge in [0.15, 0.2) is 5.16 Å². The molecule has 0 aliphatic heterocycles. The van der Waals surface area contributed by atoms with Gasteiger partial charge in [0.2, 0.25) is 0 Å². The van der Waals surface area contributed by atoms with Crippen molar-refractivity contribution in [2.24, 2.45) is 0 Å². The summed E-state index contributed by atoms with van der Waals surface area (Å²) in [5.74, 6) is 0. The fourth-order valence-electron chi connectivity index (χ4n) is 2.39. The molecule has 124 valence electrons. The molecule has 25 heavy (non-hydrogen) atoms. The highest BCUT2D eigenvalue weighted by Gasteiger charge is 2.13. The van der Waals surface area contributed by atoms with Crippen LogP contribution in [0.3, 0.4) is 0 Å². The minimum atomic E-state index is -0.423. The molecule has 0 fully saturated rings. The number of benzene rings is 1. The average Bonchev–Trinajstić information content (AvgIpc) is 2.63. The predicted octanol–water partition coefficient (Wildman–Crippen LogP) is 3.67. The van der Waals surface area contributed by atoms with E-state index < -0.39 is 5.56 Å². The third kappa shape index (κ3) is 3.90. The van der Waals surface area contributed by atoms with Crippen LogP contribution in [0.2, 0.25) is 5.15 Å². The summed E-state index contributed by atoms with van der Waals surface area (Å²) in [5.41, 5.74) is 2.86. The minimum absolute atomic E-state index is 0.0208. The molecule has 0 saturated carbocycles. The van der Waals surface area contributed by atoms with Crippen molar-refractivity contribution >= 4 is 23.4 Å². The molecule has 2 heterocycles. The SMILES string of the molecule is CSc1nc(-c2ccc(Cc3ccc(Cl)nc3)cc2)c(C#N)c(=O)[nH]1. The third-order valence-corrected chi connectivity index (χ3v) is 4.43. The highest BCUT2D eigenvalue weighted by Crippen LogP contribution is 2.22. The maximum Gasteiger partial charge on any atom is 0.270 e. The van der Waals surface area contributed by atoms with Crippen molar-refractivity contribution in [2.45, 2.75) is 11.6 Å². The van der Waals surface area contributed by atoms with Gasteiger partial charge in [0.25, 0.3) is 5.56 Å². The minimum Gasteiger partial charge on any atom is -0.300 e. The molecule has 0 bridgehead atoms. The van der Waals surface area contributed by atoms with Crippen LogP contribution in [-0.4, -0.2) is 21.2 Å². The first kappa shape index (κ1) is 17.2. The van der Waals surface area contributed by atoms with Gasteiger partial charge >= 0.3 is 0 Å². The summed E-state index contributed by atoms with van der Waals surface area (Å²) in [6.45, 7) is 0. The van der Waals surface area contributed by atoms with Gasteiger partial charge in [-0.15, -0.1) is 0 Å². The molecule has 0 aliphatic carbocycles. The highest BCUT2D eigenvalue weighted by atomic mass is 35.5. The number of nitrogens with one attached hydrogen (secondary N) is 1. The lowest BCUT2D eigenvalue weighted by Crippen LogP contribution is -2.14. The smallest absolute Gasteiger partial charge is 0.270 e. The van der Waals surface area contributed by atoms with Gasteiger partial charge in [0, 0.05) is 11.8 Å². The molecule has 0 spiro atoms. The van der Waals surface area contributed by atoms with E-state index in [2.05, 4.69) is 15.0 Å². The van der Waals surface area contributed by atoms with Crippen LogP contribution in [0.25, 0.3) is 11.3 Å². The van der Waals surface area contributed by atoms with Crippen molar-refractivity contribution < 1.29 is 0 Å². The van der Waals surface area contributed by atoms with Crippen molar-refractivity contribution in [3.63, 3.8) is 0 Å². The number of rotatable bonds is 4. The van der Waals surface area contributed by atoms with E-state index in [1.807, 2.05) is 42.7 Å². The zero-order valence-electron chi connectivity index (χ0n) is 13.3. The van der Waals surface area contributed by atoms with Gasteiger partial charge in [0.05, 0.1) is 5.69 Å². The first-order valence-corrected chi connectivity index (χ1v) is 8.99. The summed E-state index contributed by atoms with van der Waals surface area (Å²) < 4.78 is 0. The predicted molar refractivity (Wildman–Crippen MR) is 98.8 cm³/mol. The largest absolute Gasteiger partial charge is 0.300 e. The number of H-pyrrole nitrogens is 1. The van der Waals surface area contributed by atoms with Crippen LogP contribution in [0.15, 0.2) is 52.5 Å². The summed E-state index contributed by atoms with van der Waals surface area (Å²) in [5, 5.41) is 10.2. The lowest BCUT2D eigenvalue weighted by Gasteiger charge is -2.07. The van der Waals surface area contributed by atoms with Gasteiger partial charge in [-0.25, -0.2) is 9.97 Å². The van der Waals surface area contributed by atoms with Crippen molar-refractivity contribution in [3.05, 3.63) is 74.8 Å². The Hall–Kier alpha value is -2.62. The number of aromatic amines is 1. The van der Waals surface area contributed by atoms with Crippen LogP contribution < -0.4 is 5.56 Å². The zero-order chi connectivity index (χ0) is 17.8. The summed E-state index contributed by atoms with van der Waals surface area (Å²) in [6, 6.07) is 13.3. The standard InChI is InChI=1S/C18H13ClN4OS/c1-25-18-22-16(14(9-20)17(24)23-18)13-5-2-11(3-6-13)8-12-4-7-15(19)21-10-12/h2-7,10H,8H2,1H3,(H,22,23,24). The van der Waals surface area contributed by atoms with E-state index in [1.54, 1.807) is 12.3 Å². The molecule has 5 nitrogen and oxygen atoms in total. The van der Waals surface area contributed by atoms with Gasteiger partial charge in [-0.3, -0.25) is 4.79 Å². The molecule has 0 saturated heterocycles. The molecular weight excluding hydrogens is 356 g/mol. The highest BCUT2D eigenvalue weighted by molar-refractivity contribution is 7.98. The monoisotopic (exact) mass is 368 g/mol. The molecular formula is C18H13ClN4OS. The van der Waals surface area contributed by atoms with Crippen LogP contribution in [0.5, 0.6) is 0 Å². The molecule has 1 aromatic carbocycles. The molecule has 2 aromatic heterocycles. The Morgan fingerprint density at radius 2 is 1.92 bits per heavy atom. The van der Waals surface area contributed by atoms with Crippen LogP contribution in [0.1, 0.15) is 16.7 Å². The second-order valence-electron chi connectivity index (χ2n) is 5.27. The van der Waals surface area contributed by atoms with Gasteiger partial charge in [-0.1, -0.05) is 53.7 Å². The van der Waals surface area contributed by atoms with E-state index in [-0.39, 0.29) is 5.56 Å². The van der Waals surface area contributed by atoms with E-state index in [1.165, 1.54) is 11.8 Å². The van der Waals surface area contributed by atoms with Crippen molar-refractivity contribution in [1.29, 1.82) is 5.26 Å². The second-order valence-corrected chi connectivity index (χ2v) is 6.46. The first-order chi connectivity index (χ1) is 12.1. The number of hydrogen-bond donors (Lipinski definition) is 1. The third-order valence-electron chi connectivity index (χ3n) is 3.63. The summed E-state index contributed by atoms with van der Waals surface area (Å²) in [7, 11) is 0. The van der Waals surface area contributed by atoms with E-state index in [0.717, 1.165) is 16.7 Å². The van der Waals surface area contributed by atoms with Crippen LogP contribution >= 0.6 is 23.4 Å². The van der Waals surface area contributed by atoms with Gasteiger partial charge < -0.3 is 4.98 Å². The molecule has 1 N–H and O–H groups in total. The number of aromatic nitrogens is 3. The summed E-state index contributed by atoms with van der Waals surface area (Å²) in [4.78, 5) is 23.0. The normalized spacial score (nSPS) is 10.4. The maximum absolute atomic E-state index is 12.0. The summed E-state index contributed by atoms with van der Waals surface area (Å²) in [6.07, 6.45) is 4.28. The van der Waals surface area contributed by atoms with E-state index >= 15 is 0 Å². The number of nitrogens with zero attached hydrogens (tertiary/aromatic N) is 3. The van der Waals surface area contributed by atoms with Crippen molar-refractivity contribution in [3.8, 4) is 17.3 Å². The number of nitriles is 1. The fourth-order valence-corrected chi connectivity index (χ4v) is 2.88. The molecule has 7 heteroatoms. The number of pyridine rings is 1. The van der Waals surface area contributed by atoms with Gasteiger partial charge in [-0.2, -0.15) is 5.26 Å². The first-order valence-electron chi connectivity index (χ1n) is 7.39. The van der Waals surface area contributed by atoms with Crippen LogP contribution in [0, 0.1) is 11.3 Å². The van der Waals surface area contributed by atoms with E-state index in [0.29, 0.717) is 22.4 Å². The maximum atomic E-state index is 12.0. The Kier molecular flexibility index (Phi) is 5.17. The van der Waals surface area contributed by atoms with Crippen LogP contribution in [0.4, 0.5) is 0 Å². The number of thioether (sulfide) groups is 1. The quantitative estimate of drug-likeness (QED) is 0.431. The molecule has 0 atom stereocenters. The lowest BCUT2D eigenvalue weighted by molar-refractivity contribution is 0.937.